The smallest absolute Gasteiger partial charge is 0.306 e. The number of pyridine rings is 1. The van der Waals surface area contributed by atoms with Gasteiger partial charge < -0.3 is 10.4 Å². The minimum absolute atomic E-state index is 0.0123. The highest BCUT2D eigenvalue weighted by Crippen LogP contribution is 2.25. The van der Waals surface area contributed by atoms with Gasteiger partial charge in [0.2, 0.25) is 0 Å². The number of hydrogen-bond donors (Lipinski definition) is 3. The number of hydrogen-bond acceptors (Lipinski definition) is 4. The molecular formula is C16H18N4O3. The quantitative estimate of drug-likeness (QED) is 0.798. The monoisotopic (exact) mass is 314 g/mol. The Morgan fingerprint density at radius 1 is 1.17 bits per heavy atom. The molecule has 2 aromatic rings. The van der Waals surface area contributed by atoms with Crippen molar-refractivity contribution in [2.45, 2.75) is 31.7 Å². The summed E-state index contributed by atoms with van der Waals surface area (Å²) in [6, 6.07) is 3.63. The highest BCUT2D eigenvalue weighted by Gasteiger charge is 2.27. The van der Waals surface area contributed by atoms with Gasteiger partial charge in [-0.15, -0.1) is 0 Å². The van der Waals surface area contributed by atoms with Gasteiger partial charge in [0.15, 0.2) is 0 Å². The molecule has 0 bridgehead atoms. The first-order chi connectivity index (χ1) is 11.1. The third-order valence-electron chi connectivity index (χ3n) is 4.26. The molecule has 2 aromatic heterocycles. The largest absolute Gasteiger partial charge is 0.481 e. The molecule has 0 aromatic carbocycles. The van der Waals surface area contributed by atoms with Gasteiger partial charge in [0, 0.05) is 24.0 Å². The fraction of sp³-hybridized carbons (Fsp3) is 0.375. The molecule has 120 valence electrons. The van der Waals surface area contributed by atoms with E-state index in [-0.39, 0.29) is 17.9 Å². The normalized spacial score (nSPS) is 20.9. The van der Waals surface area contributed by atoms with Crippen LogP contribution in [0.25, 0.3) is 11.3 Å². The number of carbonyl (C=O) groups is 2. The SMILES string of the molecule is O=C(NC1CCC(C(=O)O)CC1)c1cn[nH]c1-c1ccncc1. The fourth-order valence-corrected chi connectivity index (χ4v) is 2.94. The van der Waals surface area contributed by atoms with Crippen molar-refractivity contribution < 1.29 is 14.7 Å². The molecule has 7 nitrogen and oxygen atoms in total. The summed E-state index contributed by atoms with van der Waals surface area (Å²) in [6.07, 6.45) is 7.39. The lowest BCUT2D eigenvalue weighted by Crippen LogP contribution is -2.38. The zero-order chi connectivity index (χ0) is 16.2. The van der Waals surface area contributed by atoms with E-state index in [1.807, 2.05) is 12.1 Å². The fourth-order valence-electron chi connectivity index (χ4n) is 2.94. The van der Waals surface area contributed by atoms with Crippen molar-refractivity contribution in [3.8, 4) is 11.3 Å². The second kappa shape index (κ2) is 6.60. The molecule has 1 amide bonds. The molecule has 1 fully saturated rings. The second-order valence-corrected chi connectivity index (χ2v) is 5.75. The summed E-state index contributed by atoms with van der Waals surface area (Å²) >= 11 is 0. The van der Waals surface area contributed by atoms with Crippen molar-refractivity contribution in [3.63, 3.8) is 0 Å². The number of rotatable bonds is 4. The third kappa shape index (κ3) is 3.39. The Labute approximate surface area is 133 Å². The van der Waals surface area contributed by atoms with Gasteiger partial charge in [0.05, 0.1) is 23.4 Å². The van der Waals surface area contributed by atoms with Crippen LogP contribution < -0.4 is 5.32 Å². The number of aromatic nitrogens is 3. The Morgan fingerprint density at radius 2 is 1.87 bits per heavy atom. The van der Waals surface area contributed by atoms with Crippen LogP contribution in [0.15, 0.2) is 30.7 Å². The van der Waals surface area contributed by atoms with Gasteiger partial charge >= 0.3 is 5.97 Å². The van der Waals surface area contributed by atoms with Gasteiger partial charge in [-0.3, -0.25) is 19.7 Å². The molecule has 3 N–H and O–H groups in total. The summed E-state index contributed by atoms with van der Waals surface area (Å²) in [5, 5.41) is 18.8. The molecule has 3 rings (SSSR count). The lowest BCUT2D eigenvalue weighted by atomic mass is 9.86. The van der Waals surface area contributed by atoms with Crippen LogP contribution >= 0.6 is 0 Å². The van der Waals surface area contributed by atoms with Crippen LogP contribution in [-0.4, -0.2) is 38.2 Å². The van der Waals surface area contributed by atoms with E-state index >= 15 is 0 Å². The van der Waals surface area contributed by atoms with Crippen LogP contribution in [0, 0.1) is 5.92 Å². The lowest BCUT2D eigenvalue weighted by Gasteiger charge is -2.26. The van der Waals surface area contributed by atoms with E-state index in [2.05, 4.69) is 20.5 Å². The van der Waals surface area contributed by atoms with E-state index in [4.69, 9.17) is 5.11 Å². The number of carbonyl (C=O) groups excluding carboxylic acids is 1. The summed E-state index contributed by atoms with van der Waals surface area (Å²) < 4.78 is 0. The number of amides is 1. The maximum atomic E-state index is 12.5. The predicted octanol–water partition coefficient (Wildman–Crippen LogP) is 1.84. The summed E-state index contributed by atoms with van der Waals surface area (Å²) in [4.78, 5) is 27.4. The molecule has 2 heterocycles. The number of nitrogens with one attached hydrogen (secondary N) is 2. The molecule has 0 aliphatic heterocycles. The highest BCUT2D eigenvalue weighted by molar-refractivity contribution is 5.99. The Bertz CT molecular complexity index is 690. The average molecular weight is 314 g/mol. The van der Waals surface area contributed by atoms with Crippen molar-refractivity contribution >= 4 is 11.9 Å². The number of nitrogens with zero attached hydrogens (tertiary/aromatic N) is 2. The minimum Gasteiger partial charge on any atom is -0.481 e. The van der Waals surface area contributed by atoms with E-state index < -0.39 is 5.97 Å². The first kappa shape index (κ1) is 15.2. The first-order valence-electron chi connectivity index (χ1n) is 7.62. The Morgan fingerprint density at radius 3 is 2.52 bits per heavy atom. The molecule has 0 unspecified atom stereocenters. The molecule has 1 aliphatic carbocycles. The van der Waals surface area contributed by atoms with E-state index in [1.165, 1.54) is 6.20 Å². The summed E-state index contributed by atoms with van der Waals surface area (Å²) in [6.45, 7) is 0. The van der Waals surface area contributed by atoms with Crippen molar-refractivity contribution in [3.05, 3.63) is 36.3 Å². The molecule has 0 atom stereocenters. The van der Waals surface area contributed by atoms with Gasteiger partial charge in [0.25, 0.3) is 5.91 Å². The Balaban J connectivity index is 1.66. The van der Waals surface area contributed by atoms with Crippen LogP contribution in [0.4, 0.5) is 0 Å². The van der Waals surface area contributed by atoms with E-state index in [1.54, 1.807) is 12.4 Å². The Kier molecular flexibility index (Phi) is 4.36. The zero-order valence-corrected chi connectivity index (χ0v) is 12.5. The van der Waals surface area contributed by atoms with Gasteiger partial charge in [-0.2, -0.15) is 5.10 Å². The molecule has 0 spiro atoms. The predicted molar refractivity (Wildman–Crippen MR) is 82.7 cm³/mol. The minimum atomic E-state index is -0.746. The van der Waals surface area contributed by atoms with Crippen molar-refractivity contribution in [2.24, 2.45) is 5.92 Å². The van der Waals surface area contributed by atoms with Gasteiger partial charge in [-0.05, 0) is 37.8 Å². The standard InChI is InChI=1S/C16H18N4O3/c21-15(19-12-3-1-11(2-4-12)16(22)23)13-9-18-20-14(13)10-5-7-17-8-6-10/h5-9,11-12H,1-4H2,(H,18,20)(H,19,21)(H,22,23). The summed E-state index contributed by atoms with van der Waals surface area (Å²) in [5.41, 5.74) is 1.98. The molecule has 23 heavy (non-hydrogen) atoms. The molecule has 0 radical (unpaired) electrons. The lowest BCUT2D eigenvalue weighted by molar-refractivity contribution is -0.142. The van der Waals surface area contributed by atoms with E-state index in [9.17, 15) is 9.59 Å². The Hall–Kier alpha value is -2.70. The van der Waals surface area contributed by atoms with Crippen molar-refractivity contribution in [2.75, 3.05) is 0 Å². The van der Waals surface area contributed by atoms with Crippen LogP contribution in [0.1, 0.15) is 36.0 Å². The van der Waals surface area contributed by atoms with Crippen LogP contribution in [0.3, 0.4) is 0 Å². The molecule has 0 saturated heterocycles. The summed E-state index contributed by atoms with van der Waals surface area (Å²) in [7, 11) is 0. The summed E-state index contributed by atoms with van der Waals surface area (Å²) in [5.74, 6) is -1.22. The second-order valence-electron chi connectivity index (χ2n) is 5.75. The number of carboxylic acid groups (broad SMARTS) is 1. The van der Waals surface area contributed by atoms with Crippen molar-refractivity contribution in [1.82, 2.24) is 20.5 Å². The topological polar surface area (TPSA) is 108 Å². The van der Waals surface area contributed by atoms with Crippen LogP contribution in [-0.2, 0) is 4.79 Å². The average Bonchev–Trinajstić information content (AvgIpc) is 3.06. The maximum Gasteiger partial charge on any atom is 0.306 e. The van der Waals surface area contributed by atoms with Gasteiger partial charge in [0.1, 0.15) is 0 Å². The third-order valence-corrected chi connectivity index (χ3v) is 4.26. The molecule has 1 aliphatic rings. The molecule has 7 heteroatoms. The molecule has 1 saturated carbocycles. The highest BCUT2D eigenvalue weighted by atomic mass is 16.4. The van der Waals surface area contributed by atoms with Crippen LogP contribution in [0.2, 0.25) is 0 Å². The number of aliphatic carboxylic acids is 1. The van der Waals surface area contributed by atoms with Crippen LogP contribution in [0.5, 0.6) is 0 Å². The van der Waals surface area contributed by atoms with E-state index in [0.29, 0.717) is 36.9 Å². The first-order valence-corrected chi connectivity index (χ1v) is 7.62. The molecular weight excluding hydrogens is 296 g/mol. The van der Waals surface area contributed by atoms with Gasteiger partial charge in [-0.1, -0.05) is 0 Å². The zero-order valence-electron chi connectivity index (χ0n) is 12.5. The van der Waals surface area contributed by atoms with Gasteiger partial charge in [-0.25, -0.2) is 0 Å². The van der Waals surface area contributed by atoms with E-state index in [0.717, 1.165) is 5.56 Å². The number of aromatic amines is 1. The number of carboxylic acids is 1. The number of H-pyrrole nitrogens is 1. The maximum absolute atomic E-state index is 12.5. The van der Waals surface area contributed by atoms with Crippen molar-refractivity contribution in [1.29, 1.82) is 0 Å².